The fraction of sp³-hybridized carbons (Fsp3) is 0.304. The lowest BCUT2D eigenvalue weighted by molar-refractivity contribution is 0.408. The Morgan fingerprint density at radius 1 is 1.31 bits per heavy atom. The summed E-state index contributed by atoms with van der Waals surface area (Å²) in [5.41, 5.74) is 3.91. The highest BCUT2D eigenvalue weighted by Crippen LogP contribution is 2.40. The van der Waals surface area contributed by atoms with Gasteiger partial charge in [0.2, 0.25) is 0 Å². The van der Waals surface area contributed by atoms with Crippen LogP contribution in [0.15, 0.2) is 65.3 Å². The molecule has 5 nitrogen and oxygen atoms in total. The van der Waals surface area contributed by atoms with Crippen molar-refractivity contribution in [2.24, 2.45) is 5.41 Å². The van der Waals surface area contributed by atoms with Crippen LogP contribution in [0.1, 0.15) is 31.7 Å². The van der Waals surface area contributed by atoms with Crippen LogP contribution >= 0.6 is 15.9 Å². The SMILES string of the molecule is CC1(C=C=O)CCCC1Nc1cccc(-c2cn(Cc3ccc(Br)cc3)nn2)c1. The van der Waals surface area contributed by atoms with Crippen LogP contribution in [-0.4, -0.2) is 27.0 Å². The summed E-state index contributed by atoms with van der Waals surface area (Å²) < 4.78 is 2.91. The third-order valence-corrected chi connectivity index (χ3v) is 6.22. The molecule has 0 spiro atoms. The van der Waals surface area contributed by atoms with E-state index in [1.165, 1.54) is 5.56 Å². The van der Waals surface area contributed by atoms with Crippen molar-refractivity contribution in [2.75, 3.05) is 5.32 Å². The van der Waals surface area contributed by atoms with Crippen molar-refractivity contribution in [3.05, 3.63) is 70.8 Å². The van der Waals surface area contributed by atoms with Gasteiger partial charge >= 0.3 is 0 Å². The number of carbonyl (C=O) groups excluding carboxylic acids is 1. The molecule has 0 saturated heterocycles. The molecule has 0 amide bonds. The molecule has 1 heterocycles. The normalized spacial score (nSPS) is 21.0. The van der Waals surface area contributed by atoms with Gasteiger partial charge < -0.3 is 5.32 Å². The minimum Gasteiger partial charge on any atom is -0.381 e. The molecular formula is C23H23BrN4O. The van der Waals surface area contributed by atoms with E-state index in [1.807, 2.05) is 41.1 Å². The lowest BCUT2D eigenvalue weighted by Gasteiger charge is -2.28. The van der Waals surface area contributed by atoms with Crippen LogP contribution in [0.4, 0.5) is 5.69 Å². The average molecular weight is 451 g/mol. The Balaban J connectivity index is 1.50. The first-order valence-electron chi connectivity index (χ1n) is 9.79. The van der Waals surface area contributed by atoms with Crippen LogP contribution in [-0.2, 0) is 11.3 Å². The molecule has 3 aromatic rings. The summed E-state index contributed by atoms with van der Waals surface area (Å²) in [5.74, 6) is 1.99. The van der Waals surface area contributed by atoms with E-state index < -0.39 is 0 Å². The summed E-state index contributed by atoms with van der Waals surface area (Å²) >= 11 is 3.46. The molecule has 1 aliphatic carbocycles. The lowest BCUT2D eigenvalue weighted by atomic mass is 9.85. The summed E-state index contributed by atoms with van der Waals surface area (Å²) in [5, 5.41) is 12.2. The number of halogens is 1. The van der Waals surface area contributed by atoms with Crippen molar-refractivity contribution < 1.29 is 4.79 Å². The van der Waals surface area contributed by atoms with Crippen LogP contribution in [0.25, 0.3) is 11.3 Å². The summed E-state index contributed by atoms with van der Waals surface area (Å²) in [6.07, 6.45) is 6.80. The van der Waals surface area contributed by atoms with Crippen molar-refractivity contribution in [1.82, 2.24) is 15.0 Å². The molecule has 0 bridgehead atoms. The van der Waals surface area contributed by atoms with Gasteiger partial charge in [0, 0.05) is 33.3 Å². The van der Waals surface area contributed by atoms with Gasteiger partial charge in [0.1, 0.15) is 11.6 Å². The quantitative estimate of drug-likeness (QED) is 0.529. The molecule has 29 heavy (non-hydrogen) atoms. The highest BCUT2D eigenvalue weighted by molar-refractivity contribution is 9.10. The average Bonchev–Trinajstić information content (AvgIpc) is 3.32. The van der Waals surface area contributed by atoms with Gasteiger partial charge in [-0.3, -0.25) is 0 Å². The first kappa shape index (κ1) is 19.6. The predicted octanol–water partition coefficient (Wildman–Crippen LogP) is 5.11. The second-order valence-corrected chi connectivity index (χ2v) is 8.78. The van der Waals surface area contributed by atoms with Gasteiger partial charge in [-0.05, 0) is 42.7 Å². The second kappa shape index (κ2) is 8.36. The molecular weight excluding hydrogens is 428 g/mol. The van der Waals surface area contributed by atoms with Gasteiger partial charge in [-0.1, -0.05) is 58.8 Å². The largest absolute Gasteiger partial charge is 0.381 e. The molecule has 4 rings (SSSR count). The van der Waals surface area contributed by atoms with Crippen LogP contribution in [0.3, 0.4) is 0 Å². The van der Waals surface area contributed by atoms with Crippen molar-refractivity contribution in [2.45, 2.75) is 38.8 Å². The number of hydrogen-bond acceptors (Lipinski definition) is 4. The topological polar surface area (TPSA) is 59.8 Å². The van der Waals surface area contributed by atoms with Crippen molar-refractivity contribution in [1.29, 1.82) is 0 Å². The maximum atomic E-state index is 10.9. The van der Waals surface area contributed by atoms with Gasteiger partial charge in [-0.25, -0.2) is 9.48 Å². The Labute approximate surface area is 179 Å². The van der Waals surface area contributed by atoms with Gasteiger partial charge in [0.15, 0.2) is 0 Å². The maximum Gasteiger partial charge on any atom is 0.120 e. The Kier molecular flexibility index (Phi) is 5.65. The number of hydrogen-bond donors (Lipinski definition) is 1. The number of aromatic nitrogens is 3. The minimum atomic E-state index is -0.147. The number of nitrogens with zero attached hydrogens (tertiary/aromatic N) is 3. The van der Waals surface area contributed by atoms with E-state index in [1.54, 1.807) is 6.08 Å². The van der Waals surface area contributed by atoms with Gasteiger partial charge in [-0.15, -0.1) is 5.10 Å². The zero-order chi connectivity index (χ0) is 20.3. The molecule has 2 unspecified atom stereocenters. The second-order valence-electron chi connectivity index (χ2n) is 7.87. The Morgan fingerprint density at radius 3 is 2.93 bits per heavy atom. The number of nitrogens with one attached hydrogen (secondary N) is 1. The molecule has 1 fully saturated rings. The summed E-state index contributed by atoms with van der Waals surface area (Å²) in [7, 11) is 0. The molecule has 0 aliphatic heterocycles. The Hall–Kier alpha value is -2.69. The van der Waals surface area contributed by atoms with E-state index in [0.29, 0.717) is 6.54 Å². The van der Waals surface area contributed by atoms with Crippen LogP contribution in [0, 0.1) is 5.41 Å². The standard InChI is InChI=1S/C23H23BrN4O/c1-23(12-13-29)11-3-6-22(23)25-20-5-2-4-18(14-20)21-16-28(27-26-21)15-17-7-9-19(24)10-8-17/h2,4-5,7-10,12,14,16,22,25H,3,6,11,15H2,1H3. The van der Waals surface area contributed by atoms with Crippen LogP contribution in [0.5, 0.6) is 0 Å². The van der Waals surface area contributed by atoms with Crippen molar-refractivity contribution >= 4 is 27.6 Å². The first-order chi connectivity index (χ1) is 14.1. The molecule has 2 aromatic carbocycles. The maximum absolute atomic E-state index is 10.9. The summed E-state index contributed by atoms with van der Waals surface area (Å²) in [4.78, 5) is 10.9. The van der Waals surface area contributed by atoms with E-state index >= 15 is 0 Å². The summed E-state index contributed by atoms with van der Waals surface area (Å²) in [6, 6.07) is 16.6. The van der Waals surface area contributed by atoms with E-state index in [-0.39, 0.29) is 11.5 Å². The third-order valence-electron chi connectivity index (χ3n) is 5.69. The molecule has 1 aliphatic rings. The molecule has 148 valence electrons. The highest BCUT2D eigenvalue weighted by atomic mass is 79.9. The van der Waals surface area contributed by atoms with Crippen molar-refractivity contribution in [3.8, 4) is 11.3 Å². The lowest BCUT2D eigenvalue weighted by Crippen LogP contribution is -2.32. The van der Waals surface area contributed by atoms with Gasteiger partial charge in [0.05, 0.1) is 12.7 Å². The van der Waals surface area contributed by atoms with Gasteiger partial charge in [-0.2, -0.15) is 0 Å². The molecule has 1 N–H and O–H groups in total. The van der Waals surface area contributed by atoms with Gasteiger partial charge in [0.25, 0.3) is 0 Å². The van der Waals surface area contributed by atoms with Crippen LogP contribution in [0.2, 0.25) is 0 Å². The van der Waals surface area contributed by atoms with Crippen molar-refractivity contribution in [3.63, 3.8) is 0 Å². The first-order valence-corrected chi connectivity index (χ1v) is 10.6. The fourth-order valence-corrected chi connectivity index (χ4v) is 4.25. The van der Waals surface area contributed by atoms with Crippen LogP contribution < -0.4 is 5.32 Å². The van der Waals surface area contributed by atoms with E-state index in [9.17, 15) is 4.79 Å². The Morgan fingerprint density at radius 2 is 2.14 bits per heavy atom. The number of rotatable bonds is 6. The van der Waals surface area contributed by atoms with E-state index in [2.05, 4.69) is 62.7 Å². The predicted molar refractivity (Wildman–Crippen MR) is 118 cm³/mol. The fourth-order valence-electron chi connectivity index (χ4n) is 3.99. The molecule has 2 atom stereocenters. The minimum absolute atomic E-state index is 0.147. The van der Waals surface area contributed by atoms with E-state index in [0.717, 1.165) is 40.7 Å². The number of benzene rings is 2. The smallest absolute Gasteiger partial charge is 0.120 e. The summed E-state index contributed by atoms with van der Waals surface area (Å²) in [6.45, 7) is 2.80. The molecule has 6 heteroatoms. The van der Waals surface area contributed by atoms with E-state index in [4.69, 9.17) is 0 Å². The molecule has 1 aromatic heterocycles. The zero-order valence-corrected chi connectivity index (χ0v) is 17.9. The Bertz CT molecular complexity index is 1040. The monoisotopic (exact) mass is 450 g/mol. The molecule has 0 radical (unpaired) electrons. The molecule has 1 saturated carbocycles. The highest BCUT2D eigenvalue weighted by Gasteiger charge is 2.37. The third kappa shape index (κ3) is 4.50. The number of anilines is 1. The zero-order valence-electron chi connectivity index (χ0n) is 16.3.